The predicted octanol–water partition coefficient (Wildman–Crippen LogP) is 2.43. The van der Waals surface area contributed by atoms with Crippen LogP contribution in [0.2, 0.25) is 0 Å². The van der Waals surface area contributed by atoms with Crippen molar-refractivity contribution in [3.63, 3.8) is 0 Å². The van der Waals surface area contributed by atoms with Gasteiger partial charge >= 0.3 is 0 Å². The molecule has 3 rings (SSSR count). The molecular weight excluding hydrogens is 231 g/mol. The molecule has 90 valence electrons. The van der Waals surface area contributed by atoms with Crippen molar-refractivity contribution in [3.05, 3.63) is 47.9 Å². The topological polar surface area (TPSA) is 56.2 Å². The molecule has 3 aromatic rings. The van der Waals surface area contributed by atoms with Gasteiger partial charge in [0.2, 0.25) is 0 Å². The summed E-state index contributed by atoms with van der Waals surface area (Å²) >= 11 is 0. The van der Waals surface area contributed by atoms with Gasteiger partial charge in [0.15, 0.2) is 5.65 Å². The molecule has 18 heavy (non-hydrogen) atoms. The van der Waals surface area contributed by atoms with Crippen molar-refractivity contribution < 1.29 is 4.39 Å². The number of nitrogens with two attached hydrogens (primary N) is 1. The van der Waals surface area contributed by atoms with Crippen LogP contribution in [0, 0.1) is 12.7 Å². The summed E-state index contributed by atoms with van der Waals surface area (Å²) < 4.78 is 15.3. The zero-order valence-electron chi connectivity index (χ0n) is 9.76. The fourth-order valence-corrected chi connectivity index (χ4v) is 1.95. The summed E-state index contributed by atoms with van der Waals surface area (Å²) in [7, 11) is 0. The maximum absolute atomic E-state index is 13.7. The van der Waals surface area contributed by atoms with Crippen LogP contribution in [0.3, 0.4) is 0 Å². The van der Waals surface area contributed by atoms with Gasteiger partial charge < -0.3 is 5.73 Å². The third-order valence-electron chi connectivity index (χ3n) is 2.77. The van der Waals surface area contributed by atoms with Crippen LogP contribution in [-0.4, -0.2) is 14.6 Å². The maximum atomic E-state index is 13.7. The Morgan fingerprint density at radius 2 is 2.00 bits per heavy atom. The van der Waals surface area contributed by atoms with E-state index >= 15 is 0 Å². The number of aromatic nitrogens is 3. The molecule has 0 amide bonds. The van der Waals surface area contributed by atoms with E-state index in [9.17, 15) is 4.39 Å². The van der Waals surface area contributed by atoms with E-state index in [1.165, 1.54) is 6.07 Å². The Balaban J connectivity index is 2.26. The summed E-state index contributed by atoms with van der Waals surface area (Å²) in [4.78, 5) is 4.17. The number of rotatable bonds is 1. The molecule has 1 aromatic carbocycles. The van der Waals surface area contributed by atoms with Crippen LogP contribution in [0.5, 0.6) is 0 Å². The molecule has 0 atom stereocenters. The highest BCUT2D eigenvalue weighted by Crippen LogP contribution is 2.22. The van der Waals surface area contributed by atoms with E-state index in [2.05, 4.69) is 10.1 Å². The molecule has 5 heteroatoms. The number of hydrogen-bond acceptors (Lipinski definition) is 3. The summed E-state index contributed by atoms with van der Waals surface area (Å²) in [6.45, 7) is 1.88. The second kappa shape index (κ2) is 3.80. The summed E-state index contributed by atoms with van der Waals surface area (Å²) in [5.41, 5.74) is 8.16. The SMILES string of the molecule is Cc1cc(N)nc2cc(-c3ccccc3F)nn12. The summed E-state index contributed by atoms with van der Waals surface area (Å²) in [5.74, 6) is 0.131. The van der Waals surface area contributed by atoms with Gasteiger partial charge in [-0.3, -0.25) is 0 Å². The third-order valence-corrected chi connectivity index (χ3v) is 2.77. The predicted molar refractivity (Wildman–Crippen MR) is 67.5 cm³/mol. The number of halogens is 1. The molecule has 2 aromatic heterocycles. The normalized spacial score (nSPS) is 11.0. The quantitative estimate of drug-likeness (QED) is 0.713. The minimum atomic E-state index is -0.300. The van der Waals surface area contributed by atoms with E-state index in [1.807, 2.05) is 6.92 Å². The average Bonchev–Trinajstić information content (AvgIpc) is 2.73. The molecule has 0 saturated heterocycles. The van der Waals surface area contributed by atoms with E-state index in [1.54, 1.807) is 34.8 Å². The van der Waals surface area contributed by atoms with Crippen LogP contribution >= 0.6 is 0 Å². The van der Waals surface area contributed by atoms with Gasteiger partial charge in [-0.1, -0.05) is 12.1 Å². The Bertz CT molecular complexity index is 733. The average molecular weight is 242 g/mol. The Hall–Kier alpha value is -2.43. The second-order valence-electron chi connectivity index (χ2n) is 4.10. The molecule has 0 bridgehead atoms. The number of aryl methyl sites for hydroxylation is 1. The van der Waals surface area contributed by atoms with Crippen molar-refractivity contribution in [2.24, 2.45) is 0 Å². The number of hydrogen-bond donors (Lipinski definition) is 1. The molecule has 0 aliphatic rings. The van der Waals surface area contributed by atoms with Gasteiger partial charge in [-0.15, -0.1) is 0 Å². The molecule has 0 aliphatic heterocycles. The van der Waals surface area contributed by atoms with E-state index in [0.29, 0.717) is 22.7 Å². The van der Waals surface area contributed by atoms with Crippen LogP contribution in [-0.2, 0) is 0 Å². The third kappa shape index (κ3) is 1.60. The van der Waals surface area contributed by atoms with Gasteiger partial charge in [-0.2, -0.15) is 5.10 Å². The van der Waals surface area contributed by atoms with Gasteiger partial charge in [0.1, 0.15) is 11.6 Å². The van der Waals surface area contributed by atoms with Gasteiger partial charge in [0, 0.05) is 23.4 Å². The van der Waals surface area contributed by atoms with Gasteiger partial charge in [0.05, 0.1) is 5.69 Å². The van der Waals surface area contributed by atoms with Gasteiger partial charge in [-0.25, -0.2) is 13.9 Å². The molecular formula is C13H11FN4. The molecule has 0 fully saturated rings. The molecule has 4 nitrogen and oxygen atoms in total. The highest BCUT2D eigenvalue weighted by molar-refractivity contribution is 5.65. The Morgan fingerprint density at radius 1 is 1.22 bits per heavy atom. The zero-order valence-corrected chi connectivity index (χ0v) is 9.76. The van der Waals surface area contributed by atoms with Gasteiger partial charge in [-0.05, 0) is 19.1 Å². The Morgan fingerprint density at radius 3 is 2.78 bits per heavy atom. The van der Waals surface area contributed by atoms with Crippen molar-refractivity contribution >= 4 is 11.5 Å². The zero-order chi connectivity index (χ0) is 12.7. The summed E-state index contributed by atoms with van der Waals surface area (Å²) in [5, 5.41) is 4.34. The molecule has 2 heterocycles. The molecule has 0 spiro atoms. The number of nitrogen functional groups attached to an aromatic ring is 1. The van der Waals surface area contributed by atoms with Crippen LogP contribution in [0.15, 0.2) is 36.4 Å². The standard InChI is InChI=1S/C13H11FN4/c1-8-6-12(15)16-13-7-11(17-18(8)13)9-4-2-3-5-10(9)14/h2-7H,1H3,(H2,15,16). The number of fused-ring (bicyclic) bond motifs is 1. The van der Waals surface area contributed by atoms with Crippen molar-refractivity contribution in [2.45, 2.75) is 6.92 Å². The first-order chi connectivity index (χ1) is 8.65. The van der Waals surface area contributed by atoms with E-state index < -0.39 is 0 Å². The summed E-state index contributed by atoms with van der Waals surface area (Å²) in [6.07, 6.45) is 0. The molecule has 2 N–H and O–H groups in total. The van der Waals surface area contributed by atoms with Crippen LogP contribution in [0.4, 0.5) is 10.2 Å². The first kappa shape index (κ1) is 10.7. The highest BCUT2D eigenvalue weighted by atomic mass is 19.1. The second-order valence-corrected chi connectivity index (χ2v) is 4.10. The van der Waals surface area contributed by atoms with Crippen molar-refractivity contribution in [3.8, 4) is 11.3 Å². The van der Waals surface area contributed by atoms with E-state index in [0.717, 1.165) is 5.69 Å². The van der Waals surface area contributed by atoms with Gasteiger partial charge in [0.25, 0.3) is 0 Å². The number of anilines is 1. The summed E-state index contributed by atoms with van der Waals surface area (Å²) in [6, 6.07) is 9.98. The van der Waals surface area contributed by atoms with E-state index in [-0.39, 0.29) is 5.82 Å². The van der Waals surface area contributed by atoms with Crippen LogP contribution in [0.1, 0.15) is 5.69 Å². The maximum Gasteiger partial charge on any atom is 0.158 e. The van der Waals surface area contributed by atoms with Crippen LogP contribution < -0.4 is 5.73 Å². The smallest absolute Gasteiger partial charge is 0.158 e. The fourth-order valence-electron chi connectivity index (χ4n) is 1.95. The molecule has 0 aliphatic carbocycles. The molecule has 0 radical (unpaired) electrons. The highest BCUT2D eigenvalue weighted by Gasteiger charge is 2.10. The molecule has 0 saturated carbocycles. The van der Waals surface area contributed by atoms with E-state index in [4.69, 9.17) is 5.73 Å². The minimum Gasteiger partial charge on any atom is -0.384 e. The first-order valence-corrected chi connectivity index (χ1v) is 5.53. The molecule has 0 unspecified atom stereocenters. The fraction of sp³-hybridized carbons (Fsp3) is 0.0769. The largest absolute Gasteiger partial charge is 0.384 e. The van der Waals surface area contributed by atoms with Crippen LogP contribution in [0.25, 0.3) is 16.9 Å². The lowest BCUT2D eigenvalue weighted by Crippen LogP contribution is -1.99. The lowest BCUT2D eigenvalue weighted by molar-refractivity contribution is 0.630. The Labute approximate surface area is 103 Å². The number of benzene rings is 1. The van der Waals surface area contributed by atoms with Crippen molar-refractivity contribution in [1.29, 1.82) is 0 Å². The van der Waals surface area contributed by atoms with Crippen molar-refractivity contribution in [2.75, 3.05) is 5.73 Å². The Kier molecular flexibility index (Phi) is 2.26. The first-order valence-electron chi connectivity index (χ1n) is 5.53. The number of nitrogens with zero attached hydrogens (tertiary/aromatic N) is 3. The minimum absolute atomic E-state index is 0.300. The van der Waals surface area contributed by atoms with Crippen molar-refractivity contribution in [1.82, 2.24) is 14.6 Å². The monoisotopic (exact) mass is 242 g/mol. The lowest BCUT2D eigenvalue weighted by atomic mass is 10.1. The lowest BCUT2D eigenvalue weighted by Gasteiger charge is -1.99.